The second-order valence-corrected chi connectivity index (χ2v) is 4.27. The van der Waals surface area contributed by atoms with Crippen molar-refractivity contribution in [2.75, 3.05) is 0 Å². The van der Waals surface area contributed by atoms with Crippen molar-refractivity contribution < 1.29 is 9.21 Å². The number of halogens is 2. The van der Waals surface area contributed by atoms with Crippen LogP contribution in [0.4, 0.5) is 0 Å². The van der Waals surface area contributed by atoms with Crippen LogP contribution >= 0.6 is 23.2 Å². The first-order chi connectivity index (χ1) is 8.16. The minimum Gasteiger partial charge on any atom is -0.472 e. The highest BCUT2D eigenvalue weighted by molar-refractivity contribution is 6.35. The normalized spacial score (nSPS) is 10.2. The summed E-state index contributed by atoms with van der Waals surface area (Å²) in [6.45, 7) is 0.347. The van der Waals surface area contributed by atoms with Crippen LogP contribution in [0.25, 0.3) is 0 Å². The monoisotopic (exact) mass is 269 g/mol. The Morgan fingerprint density at radius 1 is 1.29 bits per heavy atom. The van der Waals surface area contributed by atoms with E-state index in [1.807, 2.05) is 0 Å². The van der Waals surface area contributed by atoms with E-state index < -0.39 is 0 Å². The van der Waals surface area contributed by atoms with Crippen LogP contribution in [0, 0.1) is 0 Å². The lowest BCUT2D eigenvalue weighted by Gasteiger charge is -2.06. The Morgan fingerprint density at radius 3 is 2.76 bits per heavy atom. The molecule has 0 aliphatic rings. The van der Waals surface area contributed by atoms with Gasteiger partial charge < -0.3 is 9.73 Å². The summed E-state index contributed by atoms with van der Waals surface area (Å²) in [4.78, 5) is 11.6. The molecule has 0 aliphatic carbocycles. The van der Waals surface area contributed by atoms with Crippen LogP contribution in [0.2, 0.25) is 10.0 Å². The highest BCUT2D eigenvalue weighted by Gasteiger charge is 2.07. The summed E-state index contributed by atoms with van der Waals surface area (Å²) in [5.74, 6) is -0.204. The second kappa shape index (κ2) is 5.25. The zero-order chi connectivity index (χ0) is 12.3. The average Bonchev–Trinajstić information content (AvgIpc) is 2.81. The molecule has 1 amide bonds. The maximum absolute atomic E-state index is 11.6. The molecule has 0 saturated heterocycles. The van der Waals surface area contributed by atoms with Gasteiger partial charge in [0.1, 0.15) is 6.26 Å². The van der Waals surface area contributed by atoms with E-state index in [1.54, 1.807) is 24.3 Å². The van der Waals surface area contributed by atoms with E-state index in [0.717, 1.165) is 5.56 Å². The highest BCUT2D eigenvalue weighted by Crippen LogP contribution is 2.20. The lowest BCUT2D eigenvalue weighted by molar-refractivity contribution is 0.0950. The molecule has 0 saturated carbocycles. The first kappa shape index (κ1) is 12.0. The lowest BCUT2D eigenvalue weighted by atomic mass is 10.2. The minimum absolute atomic E-state index is 0.204. The molecular formula is C12H9Cl2NO2. The van der Waals surface area contributed by atoms with Gasteiger partial charge >= 0.3 is 0 Å². The lowest BCUT2D eigenvalue weighted by Crippen LogP contribution is -2.22. The molecule has 5 heteroatoms. The van der Waals surface area contributed by atoms with E-state index in [4.69, 9.17) is 27.6 Å². The molecule has 2 rings (SSSR count). The molecule has 0 bridgehead atoms. The molecule has 1 aromatic carbocycles. The number of carbonyl (C=O) groups excluding carboxylic acids is 1. The molecule has 0 radical (unpaired) electrons. The maximum Gasteiger partial charge on any atom is 0.254 e. The van der Waals surface area contributed by atoms with Gasteiger partial charge in [0.15, 0.2) is 0 Å². The molecule has 88 valence electrons. The van der Waals surface area contributed by atoms with E-state index in [0.29, 0.717) is 22.2 Å². The molecule has 0 spiro atoms. The second-order valence-electron chi connectivity index (χ2n) is 3.43. The molecule has 0 atom stereocenters. The molecule has 0 aliphatic heterocycles. The van der Waals surface area contributed by atoms with Crippen molar-refractivity contribution in [3.05, 3.63) is 58.0 Å². The Kier molecular flexibility index (Phi) is 3.71. The van der Waals surface area contributed by atoms with E-state index in [1.165, 1.54) is 12.5 Å². The molecular weight excluding hydrogens is 261 g/mol. The number of hydrogen-bond donors (Lipinski definition) is 1. The minimum atomic E-state index is -0.204. The van der Waals surface area contributed by atoms with Gasteiger partial charge in [-0.3, -0.25) is 4.79 Å². The predicted molar refractivity (Wildman–Crippen MR) is 66.3 cm³/mol. The Balaban J connectivity index is 2.01. The van der Waals surface area contributed by atoms with Gasteiger partial charge in [-0.2, -0.15) is 0 Å². The fraction of sp³-hybridized carbons (Fsp3) is 0.0833. The first-order valence-corrected chi connectivity index (χ1v) is 5.67. The third kappa shape index (κ3) is 3.02. The molecule has 0 unspecified atom stereocenters. The van der Waals surface area contributed by atoms with Crippen molar-refractivity contribution in [3.63, 3.8) is 0 Å². The molecule has 1 heterocycles. The SMILES string of the molecule is O=C(NCc1ccc(Cl)cc1Cl)c1ccoc1. The van der Waals surface area contributed by atoms with Gasteiger partial charge in [-0.05, 0) is 23.8 Å². The molecule has 2 aromatic rings. The molecule has 1 aromatic heterocycles. The number of hydrogen-bond acceptors (Lipinski definition) is 2. The Bertz CT molecular complexity index is 523. The maximum atomic E-state index is 11.6. The van der Waals surface area contributed by atoms with Crippen LogP contribution in [0.5, 0.6) is 0 Å². The van der Waals surface area contributed by atoms with E-state index >= 15 is 0 Å². The number of amides is 1. The van der Waals surface area contributed by atoms with E-state index in [9.17, 15) is 4.79 Å². The van der Waals surface area contributed by atoms with Crippen LogP contribution in [0.3, 0.4) is 0 Å². The quantitative estimate of drug-likeness (QED) is 0.927. The van der Waals surface area contributed by atoms with Gasteiger partial charge in [0, 0.05) is 16.6 Å². The zero-order valence-corrected chi connectivity index (χ0v) is 10.3. The largest absolute Gasteiger partial charge is 0.472 e. The summed E-state index contributed by atoms with van der Waals surface area (Å²) < 4.78 is 4.82. The third-order valence-electron chi connectivity index (χ3n) is 2.24. The van der Waals surface area contributed by atoms with Crippen LogP contribution in [-0.4, -0.2) is 5.91 Å². The van der Waals surface area contributed by atoms with Gasteiger partial charge in [0.05, 0.1) is 11.8 Å². The van der Waals surface area contributed by atoms with Gasteiger partial charge in [0.2, 0.25) is 0 Å². The standard InChI is InChI=1S/C12H9Cl2NO2/c13-10-2-1-8(11(14)5-10)6-15-12(16)9-3-4-17-7-9/h1-5,7H,6H2,(H,15,16). The summed E-state index contributed by atoms with van der Waals surface area (Å²) in [5, 5.41) is 3.84. The Hall–Kier alpha value is -1.45. The Morgan fingerprint density at radius 2 is 2.12 bits per heavy atom. The number of benzene rings is 1. The molecule has 1 N–H and O–H groups in total. The highest BCUT2D eigenvalue weighted by atomic mass is 35.5. The fourth-order valence-electron chi connectivity index (χ4n) is 1.34. The topological polar surface area (TPSA) is 42.2 Å². The predicted octanol–water partition coefficient (Wildman–Crippen LogP) is 3.52. The van der Waals surface area contributed by atoms with Gasteiger partial charge in [-0.25, -0.2) is 0 Å². The van der Waals surface area contributed by atoms with Crippen LogP contribution in [0.1, 0.15) is 15.9 Å². The smallest absolute Gasteiger partial charge is 0.254 e. The molecule has 17 heavy (non-hydrogen) atoms. The summed E-state index contributed by atoms with van der Waals surface area (Å²) in [5.41, 5.74) is 1.29. The first-order valence-electron chi connectivity index (χ1n) is 4.91. The van der Waals surface area contributed by atoms with Crippen LogP contribution < -0.4 is 5.32 Å². The van der Waals surface area contributed by atoms with Gasteiger partial charge in [-0.1, -0.05) is 29.3 Å². The molecule has 0 fully saturated rings. The summed E-state index contributed by atoms with van der Waals surface area (Å²) in [7, 11) is 0. The summed E-state index contributed by atoms with van der Waals surface area (Å²) >= 11 is 11.8. The van der Waals surface area contributed by atoms with Crippen molar-refractivity contribution in [2.24, 2.45) is 0 Å². The average molecular weight is 270 g/mol. The van der Waals surface area contributed by atoms with Gasteiger partial charge in [-0.15, -0.1) is 0 Å². The van der Waals surface area contributed by atoms with Gasteiger partial charge in [0.25, 0.3) is 5.91 Å². The van der Waals surface area contributed by atoms with E-state index in [2.05, 4.69) is 5.32 Å². The number of rotatable bonds is 3. The number of furan rings is 1. The van der Waals surface area contributed by atoms with Crippen LogP contribution in [0.15, 0.2) is 41.2 Å². The van der Waals surface area contributed by atoms with E-state index in [-0.39, 0.29) is 5.91 Å². The van der Waals surface area contributed by atoms with Crippen LogP contribution in [-0.2, 0) is 6.54 Å². The molecule has 3 nitrogen and oxygen atoms in total. The Labute approximate surface area is 108 Å². The zero-order valence-electron chi connectivity index (χ0n) is 8.74. The number of carbonyl (C=O) groups is 1. The summed E-state index contributed by atoms with van der Waals surface area (Å²) in [6.07, 6.45) is 2.84. The van der Waals surface area contributed by atoms with Crippen molar-refractivity contribution >= 4 is 29.1 Å². The fourth-order valence-corrected chi connectivity index (χ4v) is 1.81. The van der Waals surface area contributed by atoms with Crippen molar-refractivity contribution in [1.82, 2.24) is 5.32 Å². The number of nitrogens with one attached hydrogen (secondary N) is 1. The summed E-state index contributed by atoms with van der Waals surface area (Å²) in [6, 6.07) is 6.74. The van der Waals surface area contributed by atoms with Crippen molar-refractivity contribution in [2.45, 2.75) is 6.54 Å². The third-order valence-corrected chi connectivity index (χ3v) is 2.82. The van der Waals surface area contributed by atoms with Crippen molar-refractivity contribution in [3.8, 4) is 0 Å². The van der Waals surface area contributed by atoms with Crippen molar-refractivity contribution in [1.29, 1.82) is 0 Å².